The third-order valence-corrected chi connectivity index (χ3v) is 3.68. The Morgan fingerprint density at radius 2 is 2.20 bits per heavy atom. The molecule has 0 spiro atoms. The molecule has 0 radical (unpaired) electrons. The molecule has 1 heterocycles. The van der Waals surface area contributed by atoms with Gasteiger partial charge in [-0.15, -0.1) is 6.42 Å². The van der Waals surface area contributed by atoms with Crippen LogP contribution in [0.4, 0.5) is 5.69 Å². The van der Waals surface area contributed by atoms with Crippen LogP contribution in [0.25, 0.3) is 0 Å². The van der Waals surface area contributed by atoms with E-state index in [4.69, 9.17) is 18.0 Å². The fraction of sp³-hybridized carbons (Fsp3) is 0.400. The van der Waals surface area contributed by atoms with E-state index in [0.717, 1.165) is 36.9 Å². The molecule has 1 aliphatic rings. The lowest BCUT2D eigenvalue weighted by Crippen LogP contribution is -3.15. The second kappa shape index (κ2) is 7.18. The fourth-order valence-corrected chi connectivity index (χ4v) is 2.55. The number of halogens is 1. The van der Waals surface area contributed by atoms with Crippen molar-refractivity contribution in [2.45, 2.75) is 0 Å². The number of rotatable bonds is 4. The number of anilines is 1. The number of carbonyl (C=O) groups excluding carboxylic acids is 1. The number of quaternary nitrogens is 1. The summed E-state index contributed by atoms with van der Waals surface area (Å²) in [5.74, 6) is 2.43. The van der Waals surface area contributed by atoms with Crippen molar-refractivity contribution >= 4 is 23.2 Å². The first-order valence-corrected chi connectivity index (χ1v) is 7.11. The van der Waals surface area contributed by atoms with E-state index in [1.54, 1.807) is 0 Å². The monoisotopic (exact) mass is 292 g/mol. The summed E-state index contributed by atoms with van der Waals surface area (Å²) in [5, 5.41) is 3.46. The van der Waals surface area contributed by atoms with E-state index in [-0.39, 0.29) is 5.91 Å². The van der Waals surface area contributed by atoms with E-state index in [1.165, 1.54) is 4.90 Å². The number of amides is 1. The predicted octanol–water partition coefficient (Wildman–Crippen LogP) is -0.206. The lowest BCUT2D eigenvalue weighted by Gasteiger charge is -2.33. The molecular formula is C15H19ClN3O+. The number of nitrogens with zero attached hydrogens (tertiary/aromatic N) is 1. The second-order valence-electron chi connectivity index (χ2n) is 4.87. The summed E-state index contributed by atoms with van der Waals surface area (Å²) in [7, 11) is 0. The molecule has 0 atom stereocenters. The van der Waals surface area contributed by atoms with E-state index < -0.39 is 0 Å². The van der Waals surface area contributed by atoms with Crippen molar-refractivity contribution in [1.82, 2.24) is 5.32 Å². The van der Waals surface area contributed by atoms with Gasteiger partial charge in [-0.05, 0) is 18.2 Å². The van der Waals surface area contributed by atoms with Crippen LogP contribution in [-0.4, -0.2) is 45.2 Å². The van der Waals surface area contributed by atoms with Crippen LogP contribution in [0.2, 0.25) is 5.02 Å². The normalized spacial score (nSPS) is 15.7. The minimum atomic E-state index is 0.0224. The number of terminal acetylenes is 1. The van der Waals surface area contributed by atoms with E-state index >= 15 is 0 Å². The van der Waals surface area contributed by atoms with E-state index in [0.29, 0.717) is 13.1 Å². The van der Waals surface area contributed by atoms with Crippen molar-refractivity contribution in [2.75, 3.05) is 44.2 Å². The fourth-order valence-electron chi connectivity index (χ4n) is 2.37. The average Bonchev–Trinajstić information content (AvgIpc) is 2.46. The van der Waals surface area contributed by atoms with E-state index in [2.05, 4.69) is 22.2 Å². The van der Waals surface area contributed by atoms with Gasteiger partial charge in [-0.1, -0.05) is 23.6 Å². The number of carbonyl (C=O) groups is 1. The zero-order valence-corrected chi connectivity index (χ0v) is 12.1. The quantitative estimate of drug-likeness (QED) is 0.754. The van der Waals surface area contributed by atoms with Crippen LogP contribution >= 0.6 is 11.6 Å². The highest BCUT2D eigenvalue weighted by molar-refractivity contribution is 6.30. The van der Waals surface area contributed by atoms with Crippen molar-refractivity contribution < 1.29 is 9.69 Å². The van der Waals surface area contributed by atoms with Gasteiger partial charge in [-0.3, -0.25) is 4.79 Å². The first-order chi connectivity index (χ1) is 9.69. The van der Waals surface area contributed by atoms with E-state index in [1.807, 2.05) is 18.2 Å². The van der Waals surface area contributed by atoms with Gasteiger partial charge in [0.05, 0.1) is 32.7 Å². The number of benzene rings is 1. The Morgan fingerprint density at radius 3 is 2.85 bits per heavy atom. The van der Waals surface area contributed by atoms with E-state index in [9.17, 15) is 4.79 Å². The lowest BCUT2D eigenvalue weighted by atomic mass is 10.2. The summed E-state index contributed by atoms with van der Waals surface area (Å²) in [6, 6.07) is 7.88. The van der Waals surface area contributed by atoms with Crippen molar-refractivity contribution in [2.24, 2.45) is 0 Å². The third kappa shape index (κ3) is 4.16. The molecule has 20 heavy (non-hydrogen) atoms. The molecule has 0 saturated carbocycles. The minimum Gasteiger partial charge on any atom is -0.360 e. The summed E-state index contributed by atoms with van der Waals surface area (Å²) >= 11 is 6.01. The summed E-state index contributed by atoms with van der Waals surface area (Å²) in [6.07, 6.45) is 5.12. The summed E-state index contributed by atoms with van der Waals surface area (Å²) in [6.45, 7) is 4.54. The summed E-state index contributed by atoms with van der Waals surface area (Å²) < 4.78 is 0. The molecule has 1 aromatic rings. The maximum Gasteiger partial charge on any atom is 0.275 e. The highest BCUT2D eigenvalue weighted by Crippen LogP contribution is 2.19. The molecule has 1 amide bonds. The largest absolute Gasteiger partial charge is 0.360 e. The van der Waals surface area contributed by atoms with Crippen molar-refractivity contribution in [1.29, 1.82) is 0 Å². The Bertz CT molecular complexity index is 504. The second-order valence-corrected chi connectivity index (χ2v) is 5.31. The van der Waals surface area contributed by atoms with Crippen LogP contribution in [0.1, 0.15) is 0 Å². The molecule has 5 heteroatoms. The molecule has 1 aromatic carbocycles. The molecule has 4 nitrogen and oxygen atoms in total. The molecule has 0 aliphatic carbocycles. The molecule has 1 fully saturated rings. The molecule has 0 bridgehead atoms. The van der Waals surface area contributed by atoms with Gasteiger partial charge in [0.2, 0.25) is 0 Å². The number of hydrogen-bond acceptors (Lipinski definition) is 2. The molecular weight excluding hydrogens is 274 g/mol. The number of hydrogen-bond donors (Lipinski definition) is 2. The van der Waals surface area contributed by atoms with Crippen LogP contribution in [0.3, 0.4) is 0 Å². The maximum absolute atomic E-state index is 11.6. The van der Waals surface area contributed by atoms with Crippen LogP contribution in [0.15, 0.2) is 24.3 Å². The molecule has 1 saturated heterocycles. The predicted molar refractivity (Wildman–Crippen MR) is 81.1 cm³/mol. The molecule has 2 N–H and O–H groups in total. The first-order valence-electron chi connectivity index (χ1n) is 6.73. The Hall–Kier alpha value is -1.70. The molecule has 106 valence electrons. The lowest BCUT2D eigenvalue weighted by molar-refractivity contribution is -0.892. The standard InChI is InChI=1S/C15H18ClN3O/c1-2-6-17-15(20)12-18-7-9-19(10-8-18)14-5-3-4-13(16)11-14/h1,3-5,11H,6-10,12H2,(H,17,20)/p+1. The first kappa shape index (κ1) is 14.7. The van der Waals surface area contributed by atoms with Gasteiger partial charge >= 0.3 is 0 Å². The van der Waals surface area contributed by atoms with Crippen LogP contribution in [0, 0.1) is 12.3 Å². The maximum atomic E-state index is 11.6. The highest BCUT2D eigenvalue weighted by atomic mass is 35.5. The van der Waals surface area contributed by atoms with Gasteiger partial charge in [-0.25, -0.2) is 0 Å². The number of nitrogens with one attached hydrogen (secondary N) is 2. The molecule has 0 unspecified atom stereocenters. The van der Waals surface area contributed by atoms with Crippen molar-refractivity contribution in [3.63, 3.8) is 0 Å². The highest BCUT2D eigenvalue weighted by Gasteiger charge is 2.22. The molecule has 0 aromatic heterocycles. The smallest absolute Gasteiger partial charge is 0.275 e. The Kier molecular flexibility index (Phi) is 5.28. The van der Waals surface area contributed by atoms with Crippen LogP contribution in [0.5, 0.6) is 0 Å². The topological polar surface area (TPSA) is 36.8 Å². The van der Waals surface area contributed by atoms with Crippen molar-refractivity contribution in [3.8, 4) is 12.3 Å². The van der Waals surface area contributed by atoms with Gasteiger partial charge in [0, 0.05) is 10.7 Å². The van der Waals surface area contributed by atoms with Crippen molar-refractivity contribution in [3.05, 3.63) is 29.3 Å². The van der Waals surface area contributed by atoms with Gasteiger partial charge in [0.1, 0.15) is 0 Å². The summed E-state index contributed by atoms with van der Waals surface area (Å²) in [5.41, 5.74) is 1.15. The Labute approximate surface area is 124 Å². The van der Waals surface area contributed by atoms with Crippen LogP contribution < -0.4 is 15.1 Å². The number of piperazine rings is 1. The van der Waals surface area contributed by atoms with Gasteiger partial charge in [-0.2, -0.15) is 0 Å². The Morgan fingerprint density at radius 1 is 1.45 bits per heavy atom. The summed E-state index contributed by atoms with van der Waals surface area (Å²) in [4.78, 5) is 15.2. The zero-order chi connectivity index (χ0) is 14.4. The SMILES string of the molecule is C#CCNC(=O)C[NH+]1CCN(c2cccc(Cl)c2)CC1. The van der Waals surface area contributed by atoms with Crippen LogP contribution in [-0.2, 0) is 4.79 Å². The van der Waals surface area contributed by atoms with Gasteiger partial charge in [0.15, 0.2) is 6.54 Å². The zero-order valence-electron chi connectivity index (χ0n) is 11.4. The minimum absolute atomic E-state index is 0.0224. The Balaban J connectivity index is 1.81. The molecule has 1 aliphatic heterocycles. The van der Waals surface area contributed by atoms with Gasteiger partial charge in [0.25, 0.3) is 5.91 Å². The van der Waals surface area contributed by atoms with Gasteiger partial charge < -0.3 is 15.1 Å². The molecule has 2 rings (SSSR count). The average molecular weight is 293 g/mol. The third-order valence-electron chi connectivity index (χ3n) is 3.44.